The van der Waals surface area contributed by atoms with Crippen LogP contribution in [0.2, 0.25) is 0 Å². The van der Waals surface area contributed by atoms with Gasteiger partial charge in [0, 0.05) is 12.1 Å². The molecule has 2 saturated heterocycles. The summed E-state index contributed by atoms with van der Waals surface area (Å²) in [7, 11) is 0. The van der Waals surface area contributed by atoms with E-state index >= 15 is 0 Å². The van der Waals surface area contributed by atoms with E-state index in [9.17, 15) is 0 Å². The first-order valence-corrected chi connectivity index (χ1v) is 7.20. The van der Waals surface area contributed by atoms with E-state index in [0.29, 0.717) is 6.10 Å². The van der Waals surface area contributed by atoms with E-state index in [1.807, 2.05) is 0 Å². The summed E-state index contributed by atoms with van der Waals surface area (Å²) < 4.78 is 12.0. The van der Waals surface area contributed by atoms with Gasteiger partial charge in [0.05, 0.1) is 17.8 Å². The quantitative estimate of drug-likeness (QED) is 0.804. The molecule has 1 aliphatic carbocycles. The number of nitrogens with two attached hydrogens (primary N) is 1. The number of hydrogen-bond acceptors (Lipinski definition) is 3. The second-order valence-electron chi connectivity index (χ2n) is 6.37. The highest BCUT2D eigenvalue weighted by Gasteiger charge is 2.46. The molecule has 0 radical (unpaired) electrons. The highest BCUT2D eigenvalue weighted by Crippen LogP contribution is 2.45. The van der Waals surface area contributed by atoms with Crippen LogP contribution in [0, 0.1) is 0 Å². The zero-order valence-electron chi connectivity index (χ0n) is 10.9. The third-order valence-corrected chi connectivity index (χ3v) is 5.21. The topological polar surface area (TPSA) is 44.5 Å². The molecule has 3 nitrogen and oxygen atoms in total. The van der Waals surface area contributed by atoms with Gasteiger partial charge in [-0.05, 0) is 45.4 Å². The fourth-order valence-corrected chi connectivity index (χ4v) is 3.91. The third kappa shape index (κ3) is 2.13. The van der Waals surface area contributed by atoms with Gasteiger partial charge in [-0.2, -0.15) is 0 Å². The molecule has 3 fully saturated rings. The zero-order chi connectivity index (χ0) is 11.9. The van der Waals surface area contributed by atoms with Crippen LogP contribution in [0.1, 0.15) is 58.3 Å². The van der Waals surface area contributed by atoms with Crippen molar-refractivity contribution in [2.24, 2.45) is 5.73 Å². The second-order valence-corrected chi connectivity index (χ2v) is 6.37. The Labute approximate surface area is 104 Å². The summed E-state index contributed by atoms with van der Waals surface area (Å²) in [5.41, 5.74) is 6.56. The van der Waals surface area contributed by atoms with Crippen molar-refractivity contribution >= 4 is 0 Å². The first-order chi connectivity index (χ1) is 8.12. The van der Waals surface area contributed by atoms with Gasteiger partial charge >= 0.3 is 0 Å². The highest BCUT2D eigenvalue weighted by molar-refractivity contribution is 5.00. The maximum absolute atomic E-state index is 6.46. The van der Waals surface area contributed by atoms with Gasteiger partial charge in [-0.3, -0.25) is 0 Å². The molecule has 2 heterocycles. The van der Waals surface area contributed by atoms with Crippen LogP contribution in [-0.4, -0.2) is 30.0 Å². The molecule has 2 N–H and O–H groups in total. The van der Waals surface area contributed by atoms with E-state index in [0.717, 1.165) is 19.4 Å². The molecule has 2 aliphatic heterocycles. The Kier molecular flexibility index (Phi) is 2.96. The molecular weight excluding hydrogens is 214 g/mol. The smallest absolute Gasteiger partial charge is 0.0728 e. The SMILES string of the molecule is CC1OCCC1(N)CC1CCC2(CCCC2)O1. The minimum absolute atomic E-state index is 0.144. The summed E-state index contributed by atoms with van der Waals surface area (Å²) in [6.07, 6.45) is 10.2. The van der Waals surface area contributed by atoms with Gasteiger partial charge in [-0.1, -0.05) is 12.8 Å². The second kappa shape index (κ2) is 4.22. The van der Waals surface area contributed by atoms with Gasteiger partial charge in [0.2, 0.25) is 0 Å². The van der Waals surface area contributed by atoms with Crippen LogP contribution in [0.5, 0.6) is 0 Å². The number of ether oxygens (including phenoxy) is 2. The van der Waals surface area contributed by atoms with E-state index in [4.69, 9.17) is 15.2 Å². The molecular formula is C14H25NO2. The number of rotatable bonds is 2. The van der Waals surface area contributed by atoms with Gasteiger partial charge in [-0.25, -0.2) is 0 Å². The molecule has 1 spiro atoms. The van der Waals surface area contributed by atoms with E-state index in [-0.39, 0.29) is 17.2 Å². The summed E-state index contributed by atoms with van der Waals surface area (Å²) in [4.78, 5) is 0. The van der Waals surface area contributed by atoms with Gasteiger partial charge in [-0.15, -0.1) is 0 Å². The Balaban J connectivity index is 1.60. The van der Waals surface area contributed by atoms with Crippen molar-refractivity contribution in [3.8, 4) is 0 Å². The molecule has 3 unspecified atom stereocenters. The van der Waals surface area contributed by atoms with Crippen molar-refractivity contribution in [2.75, 3.05) is 6.61 Å². The van der Waals surface area contributed by atoms with Crippen LogP contribution >= 0.6 is 0 Å². The molecule has 3 heteroatoms. The minimum atomic E-state index is -0.144. The lowest BCUT2D eigenvalue weighted by Gasteiger charge is -2.31. The molecule has 0 amide bonds. The van der Waals surface area contributed by atoms with Crippen molar-refractivity contribution in [2.45, 2.75) is 81.6 Å². The standard InChI is InChI=1S/C14H25NO2/c1-11-14(15,8-9-16-11)10-12-4-7-13(17-12)5-2-3-6-13/h11-12H,2-10,15H2,1H3. The maximum atomic E-state index is 6.46. The Morgan fingerprint density at radius 2 is 1.94 bits per heavy atom. The van der Waals surface area contributed by atoms with Crippen molar-refractivity contribution in [1.29, 1.82) is 0 Å². The third-order valence-electron chi connectivity index (χ3n) is 5.21. The molecule has 98 valence electrons. The van der Waals surface area contributed by atoms with Crippen LogP contribution in [0.25, 0.3) is 0 Å². The maximum Gasteiger partial charge on any atom is 0.0728 e. The van der Waals surface area contributed by atoms with Crippen molar-refractivity contribution < 1.29 is 9.47 Å². The van der Waals surface area contributed by atoms with Crippen molar-refractivity contribution in [3.05, 3.63) is 0 Å². The molecule has 0 aromatic heterocycles. The summed E-state index contributed by atoms with van der Waals surface area (Å²) in [5, 5.41) is 0. The van der Waals surface area contributed by atoms with Crippen LogP contribution in [0.3, 0.4) is 0 Å². The largest absolute Gasteiger partial charge is 0.377 e. The average molecular weight is 239 g/mol. The van der Waals surface area contributed by atoms with Gasteiger partial charge in [0.15, 0.2) is 0 Å². The minimum Gasteiger partial charge on any atom is -0.377 e. The molecule has 17 heavy (non-hydrogen) atoms. The number of hydrogen-bond donors (Lipinski definition) is 1. The van der Waals surface area contributed by atoms with Crippen LogP contribution < -0.4 is 5.73 Å². The molecule has 1 saturated carbocycles. The van der Waals surface area contributed by atoms with E-state index in [1.54, 1.807) is 0 Å². The predicted octanol–water partition coefficient (Wildman–Crippen LogP) is 2.37. The Morgan fingerprint density at radius 3 is 2.59 bits per heavy atom. The Morgan fingerprint density at radius 1 is 1.18 bits per heavy atom. The van der Waals surface area contributed by atoms with Crippen LogP contribution in [-0.2, 0) is 9.47 Å². The van der Waals surface area contributed by atoms with Crippen LogP contribution in [0.15, 0.2) is 0 Å². The van der Waals surface area contributed by atoms with Crippen molar-refractivity contribution in [3.63, 3.8) is 0 Å². The first-order valence-electron chi connectivity index (χ1n) is 7.20. The lowest BCUT2D eigenvalue weighted by molar-refractivity contribution is -0.0502. The summed E-state index contributed by atoms with van der Waals surface area (Å²) in [6.45, 7) is 2.92. The lowest BCUT2D eigenvalue weighted by Crippen LogP contribution is -2.48. The van der Waals surface area contributed by atoms with E-state index in [1.165, 1.54) is 38.5 Å². The van der Waals surface area contributed by atoms with E-state index < -0.39 is 0 Å². The molecule has 0 aromatic rings. The highest BCUT2D eigenvalue weighted by atomic mass is 16.5. The summed E-state index contributed by atoms with van der Waals surface area (Å²) in [6, 6.07) is 0. The molecule has 0 aromatic carbocycles. The average Bonchev–Trinajstić information content (AvgIpc) is 2.96. The van der Waals surface area contributed by atoms with Crippen LogP contribution in [0.4, 0.5) is 0 Å². The van der Waals surface area contributed by atoms with E-state index in [2.05, 4.69) is 6.92 Å². The molecule has 3 aliphatic rings. The fraction of sp³-hybridized carbons (Fsp3) is 1.00. The molecule has 3 atom stereocenters. The summed E-state index contributed by atoms with van der Waals surface area (Å²) in [5.74, 6) is 0. The normalized spacial score (nSPS) is 44.8. The van der Waals surface area contributed by atoms with Crippen molar-refractivity contribution in [1.82, 2.24) is 0 Å². The fourth-order valence-electron chi connectivity index (χ4n) is 3.91. The van der Waals surface area contributed by atoms with Gasteiger partial charge in [0.1, 0.15) is 0 Å². The van der Waals surface area contributed by atoms with Gasteiger partial charge < -0.3 is 15.2 Å². The molecule has 0 bridgehead atoms. The Hall–Kier alpha value is -0.120. The molecule has 3 rings (SSSR count). The monoisotopic (exact) mass is 239 g/mol. The first kappa shape index (κ1) is 11.9. The Bertz CT molecular complexity index is 288. The predicted molar refractivity (Wildman–Crippen MR) is 66.9 cm³/mol. The zero-order valence-corrected chi connectivity index (χ0v) is 10.9. The lowest BCUT2D eigenvalue weighted by atomic mass is 9.86. The summed E-state index contributed by atoms with van der Waals surface area (Å²) >= 11 is 0. The van der Waals surface area contributed by atoms with Gasteiger partial charge in [0.25, 0.3) is 0 Å².